The lowest BCUT2D eigenvalue weighted by atomic mass is 9.33. The summed E-state index contributed by atoms with van der Waals surface area (Å²) >= 11 is 0. The average molecular weight is 1960 g/mol. The van der Waals surface area contributed by atoms with Crippen LogP contribution in [0, 0.1) is 13.8 Å². The molecule has 754 valence electrons. The van der Waals surface area contributed by atoms with Gasteiger partial charge in [0.05, 0.1) is 22.5 Å². The number of hydrogen-bond acceptors (Lipinski definition) is 6. The van der Waals surface area contributed by atoms with Gasteiger partial charge in [0.2, 0.25) is 0 Å². The first-order chi connectivity index (χ1) is 71.3. The number of anilines is 16. The molecule has 6 aliphatic heterocycles. The van der Waals surface area contributed by atoms with Crippen LogP contribution in [-0.4, -0.2) is 24.5 Å². The minimum atomic E-state index is -0.204. The molecule has 0 bridgehead atoms. The van der Waals surface area contributed by atoms with Gasteiger partial charge >= 0.3 is 0 Å². The van der Waals surface area contributed by atoms with Gasteiger partial charge in [-0.05, 0) is 365 Å². The molecule has 6 nitrogen and oxygen atoms in total. The van der Waals surface area contributed by atoms with Crippen molar-refractivity contribution in [2.24, 2.45) is 0 Å². The fourth-order valence-electron chi connectivity index (χ4n) is 28.1. The third kappa shape index (κ3) is 15.8. The summed E-state index contributed by atoms with van der Waals surface area (Å²) in [6.07, 6.45) is 11.3. The second-order valence-corrected chi connectivity index (χ2v) is 53.2. The van der Waals surface area contributed by atoms with Gasteiger partial charge in [-0.15, -0.1) is 0 Å². The Balaban J connectivity index is 0.568. The molecule has 0 radical (unpaired) electrons. The fourth-order valence-corrected chi connectivity index (χ4v) is 28.1. The Bertz CT molecular complexity index is 8070. The van der Waals surface area contributed by atoms with Crippen LogP contribution in [0.1, 0.15) is 285 Å². The number of hydrogen-bond donors (Lipinski definition) is 0. The molecule has 16 aromatic rings. The summed E-state index contributed by atoms with van der Waals surface area (Å²) in [5.74, 6) is 0. The molecule has 0 spiro atoms. The maximum Gasteiger partial charge on any atom is 0.252 e. The van der Waals surface area contributed by atoms with Crippen molar-refractivity contribution in [3.05, 3.63) is 395 Å². The molecule has 0 amide bonds. The van der Waals surface area contributed by atoms with Crippen molar-refractivity contribution in [1.82, 2.24) is 0 Å². The van der Waals surface area contributed by atoms with Crippen LogP contribution >= 0.6 is 0 Å². The van der Waals surface area contributed by atoms with Crippen LogP contribution in [0.4, 0.5) is 91.0 Å². The molecule has 0 aromatic heterocycles. The molecule has 16 aromatic carbocycles. The molecule has 150 heavy (non-hydrogen) atoms. The van der Waals surface area contributed by atoms with Crippen molar-refractivity contribution in [2.75, 3.05) is 29.4 Å². The predicted octanol–water partition coefficient (Wildman–Crippen LogP) is 35.1. The van der Waals surface area contributed by atoms with Crippen molar-refractivity contribution in [3.8, 4) is 44.5 Å². The summed E-state index contributed by atoms with van der Waals surface area (Å²) < 4.78 is 0. The van der Waals surface area contributed by atoms with Gasteiger partial charge in [-0.3, -0.25) is 0 Å². The van der Waals surface area contributed by atoms with Crippen molar-refractivity contribution in [3.63, 3.8) is 0 Å². The van der Waals surface area contributed by atoms with Crippen LogP contribution in [0.15, 0.2) is 334 Å². The summed E-state index contributed by atoms with van der Waals surface area (Å²) in [7, 11) is 0. The van der Waals surface area contributed by atoms with E-state index in [9.17, 15) is 0 Å². The fraction of sp³-hybridized carbons (Fsp3) is 0.324. The Labute approximate surface area is 896 Å². The van der Waals surface area contributed by atoms with E-state index in [-0.39, 0.29) is 73.2 Å². The summed E-state index contributed by atoms with van der Waals surface area (Å²) in [6, 6.07) is 133. The van der Waals surface area contributed by atoms with E-state index in [1.54, 1.807) is 0 Å². The SMILES string of the molecule is Cc1cc2c3c(c1)N(c1ccc(C(C)(C)C)cc1-c1ccccc1)c1ccc(C(C)(C)C)cc1B3c1ccc(N3c4ccc(-c5ccc(C(C)(C)CCC(C)(C)c6ccc(N7c8cc(N9c%10ccc(-c%11ccccc%11)cc%10C%10(C)CCCCC9%10C)ccc8B8c9cc(C(C)(C)C)ccc9N(c9ccc(C(C)(C)C)cc9-c9ccccc9)c9cc(C)cc7c98)cc6)cc5)cc4C4(C)CCCCC34C)cc1N2c1ccc(C(C)(C)C)cc1. The van der Waals surface area contributed by atoms with Crippen LogP contribution in [0.25, 0.3) is 44.5 Å². The van der Waals surface area contributed by atoms with Crippen molar-refractivity contribution < 1.29 is 0 Å². The quantitative estimate of drug-likeness (QED) is 0.0946. The van der Waals surface area contributed by atoms with E-state index in [1.807, 2.05) is 0 Å². The molecule has 2 fully saturated rings. The first-order valence-electron chi connectivity index (χ1n) is 56.0. The standard InChI is InChI=1S/C142H150B2N6/c1-91-79-126-130-128(81-91)147(118-69-55-102(133(6,7)8)85-110(118)95-41-31-27-32-42-95)122-71-57-104(135(12,13)14)87-116(122)143(130)114-65-63-108(89-124(114)145(126)106-59-51-99(52-60-106)132(3,4)5)150-121-68-48-98(84-113(121)140(23)74-36-38-76-142(140,150)25)94-45-49-100(50-46-94)137(18,19)77-78-138(20,21)101-53-61-107(62-54-101)146-125-90-109(149-120-67-47-97(93-39-29-26-30-40-93)83-112(120)139(22)73-35-37-75-141(139,149)24)64-66-115(125)144-117-88-105(136(15,16)17)58-72-123(117)148(129-82-92(2)80-127(146)131(129)144)119-70-56-103(134(9,10)11)86-111(119)96-43-33-28-34-44-96/h26-34,39-72,79-90H,35-38,73-78H2,1-25H3. The van der Waals surface area contributed by atoms with Gasteiger partial charge in [0.1, 0.15) is 0 Å². The third-order valence-electron chi connectivity index (χ3n) is 37.6. The van der Waals surface area contributed by atoms with E-state index in [0.29, 0.717) is 0 Å². The zero-order valence-electron chi connectivity index (χ0n) is 93.7. The van der Waals surface area contributed by atoms with Gasteiger partial charge in [0.15, 0.2) is 0 Å². The minimum absolute atomic E-state index is 0.0192. The molecular weight excluding hydrogens is 1810 g/mol. The van der Waals surface area contributed by atoms with Gasteiger partial charge in [0.25, 0.3) is 13.4 Å². The number of benzene rings is 16. The Hall–Kier alpha value is -13.6. The number of rotatable bonds is 15. The van der Waals surface area contributed by atoms with E-state index < -0.39 is 0 Å². The topological polar surface area (TPSA) is 19.4 Å². The van der Waals surface area contributed by atoms with Gasteiger partial charge in [-0.2, -0.15) is 0 Å². The molecule has 2 aliphatic carbocycles. The highest BCUT2D eigenvalue weighted by Gasteiger charge is 2.61. The molecule has 6 heterocycles. The Morgan fingerprint density at radius 1 is 0.227 bits per heavy atom. The lowest BCUT2D eigenvalue weighted by Gasteiger charge is -2.50. The highest BCUT2D eigenvalue weighted by Crippen LogP contribution is 2.65. The first-order valence-corrected chi connectivity index (χ1v) is 56.0. The van der Waals surface area contributed by atoms with E-state index in [2.05, 4.69) is 536 Å². The maximum atomic E-state index is 2.82. The first kappa shape index (κ1) is 98.5. The van der Waals surface area contributed by atoms with E-state index in [4.69, 9.17) is 0 Å². The molecule has 8 aliphatic rings. The van der Waals surface area contributed by atoms with Crippen LogP contribution in [-0.2, 0) is 48.7 Å². The zero-order chi connectivity index (χ0) is 105. The predicted molar refractivity (Wildman–Crippen MR) is 647 cm³/mol. The third-order valence-corrected chi connectivity index (χ3v) is 37.6. The summed E-state index contributed by atoms with van der Waals surface area (Å²) in [5, 5.41) is 0. The Morgan fingerprint density at radius 3 is 0.887 bits per heavy atom. The van der Waals surface area contributed by atoms with Crippen LogP contribution < -0.4 is 62.2 Å². The van der Waals surface area contributed by atoms with E-state index >= 15 is 0 Å². The van der Waals surface area contributed by atoms with Gasteiger partial charge < -0.3 is 29.4 Å². The van der Waals surface area contributed by atoms with Crippen LogP contribution in [0.5, 0.6) is 0 Å². The highest BCUT2D eigenvalue weighted by atomic mass is 15.3. The smallest absolute Gasteiger partial charge is 0.252 e. The van der Waals surface area contributed by atoms with Gasteiger partial charge in [-0.25, -0.2) is 0 Å². The lowest BCUT2D eigenvalue weighted by Crippen LogP contribution is -2.61. The summed E-state index contributed by atoms with van der Waals surface area (Å²) in [5.41, 5.74) is 51.4. The summed E-state index contributed by atoms with van der Waals surface area (Å²) in [4.78, 5) is 16.3. The Morgan fingerprint density at radius 2 is 0.520 bits per heavy atom. The minimum Gasteiger partial charge on any atom is -0.334 e. The number of nitrogens with zero attached hydrogens (tertiary/aromatic N) is 6. The zero-order valence-corrected chi connectivity index (χ0v) is 93.7. The monoisotopic (exact) mass is 1960 g/mol. The molecule has 8 heteroatoms. The van der Waals surface area contributed by atoms with Gasteiger partial charge in [0, 0.05) is 102 Å². The largest absolute Gasteiger partial charge is 0.334 e. The van der Waals surface area contributed by atoms with Crippen LogP contribution in [0.2, 0.25) is 0 Å². The van der Waals surface area contributed by atoms with Crippen LogP contribution in [0.3, 0.4) is 0 Å². The lowest BCUT2D eigenvalue weighted by molar-refractivity contribution is 0.195. The van der Waals surface area contributed by atoms with Crippen molar-refractivity contribution in [1.29, 1.82) is 0 Å². The van der Waals surface area contributed by atoms with E-state index in [0.717, 1.165) is 38.5 Å². The molecule has 0 N–H and O–H groups in total. The molecule has 0 saturated heterocycles. The second kappa shape index (κ2) is 35.0. The normalized spacial score (nSPS) is 19.1. The number of fused-ring (bicyclic) bond motifs is 14. The highest BCUT2D eigenvalue weighted by molar-refractivity contribution is 7.01. The molecule has 24 rings (SSSR count). The number of aryl methyl sites for hydroxylation is 2. The van der Waals surface area contributed by atoms with Crippen molar-refractivity contribution >= 4 is 137 Å². The molecule has 2 saturated carbocycles. The Kier molecular flexibility index (Phi) is 23.0. The molecule has 4 atom stereocenters. The van der Waals surface area contributed by atoms with Crippen molar-refractivity contribution in [2.45, 2.75) is 297 Å². The van der Waals surface area contributed by atoms with Gasteiger partial charge in [-0.1, -0.05) is 371 Å². The maximum absolute atomic E-state index is 2.82. The summed E-state index contributed by atoms with van der Waals surface area (Å²) in [6.45, 7) is 60.2. The molecular formula is C142H150B2N6. The average Bonchev–Trinajstić information content (AvgIpc) is 1.16. The second-order valence-electron chi connectivity index (χ2n) is 53.2. The molecule has 4 unspecified atom stereocenters. The van der Waals surface area contributed by atoms with E-state index in [1.165, 1.54) is 255 Å².